The van der Waals surface area contributed by atoms with E-state index in [0.29, 0.717) is 6.61 Å². The van der Waals surface area contributed by atoms with Crippen molar-refractivity contribution >= 4 is 16.9 Å². The van der Waals surface area contributed by atoms with Crippen LogP contribution in [-0.4, -0.2) is 34.3 Å². The van der Waals surface area contributed by atoms with E-state index in [4.69, 9.17) is 4.74 Å². The van der Waals surface area contributed by atoms with Crippen molar-refractivity contribution in [2.75, 3.05) is 19.0 Å². The molecule has 2 aromatic heterocycles. The van der Waals surface area contributed by atoms with Gasteiger partial charge in [-0.2, -0.15) is 0 Å². The molecule has 0 saturated carbocycles. The summed E-state index contributed by atoms with van der Waals surface area (Å²) in [4.78, 5) is 9.01. The number of aromatic nitrogens is 3. The van der Waals surface area contributed by atoms with Crippen molar-refractivity contribution in [3.05, 3.63) is 72.9 Å². The van der Waals surface area contributed by atoms with Crippen molar-refractivity contribution in [3.63, 3.8) is 0 Å². The fourth-order valence-electron chi connectivity index (χ4n) is 3.33. The smallest absolute Gasteiger partial charge is 0.150 e. The van der Waals surface area contributed by atoms with Crippen LogP contribution in [0.1, 0.15) is 6.92 Å². The summed E-state index contributed by atoms with van der Waals surface area (Å²) in [6, 6.07) is 16.6. The molecule has 1 atom stereocenters. The normalized spacial score (nSPS) is 12.2. The molecule has 0 radical (unpaired) electrons. The summed E-state index contributed by atoms with van der Waals surface area (Å²) in [5.41, 5.74) is 3.66. The largest absolute Gasteiger partial charge is 0.383 e. The average molecular weight is 376 g/mol. The third kappa shape index (κ3) is 3.46. The second kappa shape index (κ2) is 7.78. The van der Waals surface area contributed by atoms with Gasteiger partial charge in [0.05, 0.1) is 12.0 Å². The summed E-state index contributed by atoms with van der Waals surface area (Å²) in [5, 5.41) is 4.34. The number of hydrogen-bond donors (Lipinski definition) is 1. The molecule has 4 rings (SSSR count). The third-order valence-corrected chi connectivity index (χ3v) is 4.57. The molecule has 0 fully saturated rings. The van der Waals surface area contributed by atoms with Gasteiger partial charge in [-0.05, 0) is 36.8 Å². The van der Waals surface area contributed by atoms with Crippen LogP contribution in [0.5, 0.6) is 0 Å². The van der Waals surface area contributed by atoms with Gasteiger partial charge in [0.25, 0.3) is 0 Å². The van der Waals surface area contributed by atoms with Crippen molar-refractivity contribution in [2.24, 2.45) is 0 Å². The Kier molecular flexibility index (Phi) is 5.04. The number of nitrogens with zero attached hydrogens (tertiary/aromatic N) is 3. The van der Waals surface area contributed by atoms with Gasteiger partial charge >= 0.3 is 0 Å². The monoisotopic (exact) mass is 376 g/mol. The Morgan fingerprint density at radius 1 is 1.07 bits per heavy atom. The molecular formula is C22H21FN4O. The van der Waals surface area contributed by atoms with Crippen LogP contribution < -0.4 is 5.32 Å². The van der Waals surface area contributed by atoms with Crippen LogP contribution in [0.2, 0.25) is 0 Å². The first-order valence-electron chi connectivity index (χ1n) is 9.10. The summed E-state index contributed by atoms with van der Waals surface area (Å²) in [6.45, 7) is 2.60. The second-order valence-electron chi connectivity index (χ2n) is 6.68. The fourth-order valence-corrected chi connectivity index (χ4v) is 3.33. The summed E-state index contributed by atoms with van der Waals surface area (Å²) < 4.78 is 20.6. The van der Waals surface area contributed by atoms with E-state index in [1.54, 1.807) is 25.6 Å². The van der Waals surface area contributed by atoms with Gasteiger partial charge in [0, 0.05) is 30.6 Å². The number of nitrogens with one attached hydrogen (secondary N) is 1. The van der Waals surface area contributed by atoms with Crippen LogP contribution in [-0.2, 0) is 4.74 Å². The zero-order valence-electron chi connectivity index (χ0n) is 15.8. The van der Waals surface area contributed by atoms with Gasteiger partial charge in [0.2, 0.25) is 0 Å². The van der Waals surface area contributed by atoms with Crippen LogP contribution in [0.25, 0.3) is 27.8 Å². The molecule has 6 heteroatoms. The molecule has 0 spiro atoms. The lowest BCUT2D eigenvalue weighted by Crippen LogP contribution is -2.21. The Bertz CT molecular complexity index is 1080. The fraction of sp³-hybridized carbons (Fsp3) is 0.182. The molecule has 1 N–H and O–H groups in total. The lowest BCUT2D eigenvalue weighted by molar-refractivity contribution is 0.190. The minimum Gasteiger partial charge on any atom is -0.383 e. The Balaban J connectivity index is 1.93. The molecule has 142 valence electrons. The Hall–Kier alpha value is -3.25. The maximum atomic E-state index is 13.4. The van der Waals surface area contributed by atoms with E-state index in [0.717, 1.165) is 33.7 Å². The molecule has 0 aliphatic carbocycles. The van der Waals surface area contributed by atoms with E-state index in [9.17, 15) is 4.39 Å². The quantitative estimate of drug-likeness (QED) is 0.531. The number of methoxy groups -OCH3 is 1. The van der Waals surface area contributed by atoms with E-state index in [1.807, 2.05) is 35.9 Å². The van der Waals surface area contributed by atoms with Gasteiger partial charge in [-0.1, -0.05) is 30.3 Å². The van der Waals surface area contributed by atoms with E-state index in [-0.39, 0.29) is 11.9 Å². The van der Waals surface area contributed by atoms with Crippen molar-refractivity contribution in [1.29, 1.82) is 0 Å². The Labute approximate surface area is 162 Å². The Morgan fingerprint density at radius 3 is 2.54 bits per heavy atom. The molecule has 28 heavy (non-hydrogen) atoms. The van der Waals surface area contributed by atoms with Crippen LogP contribution in [0.15, 0.2) is 67.1 Å². The summed E-state index contributed by atoms with van der Waals surface area (Å²) in [6.07, 6.45) is 3.56. The number of benzene rings is 2. The third-order valence-electron chi connectivity index (χ3n) is 4.57. The van der Waals surface area contributed by atoms with Gasteiger partial charge in [-0.3, -0.25) is 0 Å². The molecule has 2 heterocycles. The molecule has 1 unspecified atom stereocenters. The van der Waals surface area contributed by atoms with Gasteiger partial charge in [0.1, 0.15) is 18.0 Å². The summed E-state index contributed by atoms with van der Waals surface area (Å²) in [7, 11) is 1.67. The highest BCUT2D eigenvalue weighted by Gasteiger charge is 2.18. The maximum absolute atomic E-state index is 13.4. The molecule has 0 aliphatic heterocycles. The van der Waals surface area contributed by atoms with Gasteiger partial charge < -0.3 is 14.6 Å². The molecule has 0 saturated heterocycles. The lowest BCUT2D eigenvalue weighted by Gasteiger charge is -2.14. The lowest BCUT2D eigenvalue weighted by atomic mass is 10.1. The molecule has 0 amide bonds. The van der Waals surface area contributed by atoms with E-state index in [2.05, 4.69) is 27.4 Å². The van der Waals surface area contributed by atoms with Crippen LogP contribution >= 0.6 is 0 Å². The highest BCUT2D eigenvalue weighted by atomic mass is 19.1. The molecule has 0 aliphatic rings. The molecule has 2 aromatic carbocycles. The van der Waals surface area contributed by atoms with Crippen LogP contribution in [0.4, 0.5) is 10.2 Å². The number of halogens is 1. The number of fused-ring (bicyclic) bond motifs is 1. The number of anilines is 1. The molecular weight excluding hydrogens is 355 g/mol. The maximum Gasteiger partial charge on any atom is 0.150 e. The molecule has 4 aromatic rings. The topological polar surface area (TPSA) is 52.0 Å². The van der Waals surface area contributed by atoms with Gasteiger partial charge in [0.15, 0.2) is 5.65 Å². The highest BCUT2D eigenvalue weighted by molar-refractivity contribution is 6.02. The predicted molar refractivity (Wildman–Crippen MR) is 109 cm³/mol. The zero-order valence-corrected chi connectivity index (χ0v) is 15.8. The van der Waals surface area contributed by atoms with Crippen molar-refractivity contribution in [3.8, 4) is 16.8 Å². The van der Waals surface area contributed by atoms with E-state index in [1.165, 1.54) is 12.1 Å². The van der Waals surface area contributed by atoms with Gasteiger partial charge in [-0.15, -0.1) is 0 Å². The highest BCUT2D eigenvalue weighted by Crippen LogP contribution is 2.35. The minimum absolute atomic E-state index is 0.0842. The summed E-state index contributed by atoms with van der Waals surface area (Å²) >= 11 is 0. The summed E-state index contributed by atoms with van der Waals surface area (Å²) in [5.74, 6) is 0.475. The van der Waals surface area contributed by atoms with Crippen LogP contribution in [0, 0.1) is 5.82 Å². The van der Waals surface area contributed by atoms with E-state index >= 15 is 0 Å². The van der Waals surface area contributed by atoms with Crippen molar-refractivity contribution < 1.29 is 9.13 Å². The molecule has 0 bridgehead atoms. The number of hydrogen-bond acceptors (Lipinski definition) is 4. The zero-order chi connectivity index (χ0) is 19.5. The Morgan fingerprint density at radius 2 is 1.82 bits per heavy atom. The van der Waals surface area contributed by atoms with Crippen LogP contribution in [0.3, 0.4) is 0 Å². The number of ether oxygens (including phenoxy) is 1. The van der Waals surface area contributed by atoms with Gasteiger partial charge in [-0.25, -0.2) is 14.4 Å². The second-order valence-corrected chi connectivity index (χ2v) is 6.68. The predicted octanol–water partition coefficient (Wildman–Crippen LogP) is 4.67. The first-order valence-corrected chi connectivity index (χ1v) is 9.10. The van der Waals surface area contributed by atoms with E-state index < -0.39 is 0 Å². The first kappa shape index (κ1) is 18.1. The molecule has 5 nitrogen and oxygen atoms in total. The average Bonchev–Trinajstić information content (AvgIpc) is 3.10. The standard InChI is InChI=1S/C22H21FN4O/c1-15(13-28-2)26-21-20-19(16-6-4-3-5-7-16)12-27(22(20)25-14-24-21)18-10-8-17(23)9-11-18/h3-12,14-15H,13H2,1-2H3,(H,24,25,26). The SMILES string of the molecule is COCC(C)Nc1ncnc2c1c(-c1ccccc1)cn2-c1ccc(F)cc1. The first-order chi connectivity index (χ1) is 13.7. The minimum atomic E-state index is -0.270. The van der Waals surface area contributed by atoms with Crippen molar-refractivity contribution in [1.82, 2.24) is 14.5 Å². The van der Waals surface area contributed by atoms with Crippen molar-refractivity contribution in [2.45, 2.75) is 13.0 Å². The number of rotatable bonds is 6.